The molecule has 1 aromatic rings. The van der Waals surface area contributed by atoms with E-state index in [-0.39, 0.29) is 28.9 Å². The monoisotopic (exact) mass is 381 g/mol. The van der Waals surface area contributed by atoms with E-state index in [1.165, 1.54) is 6.92 Å². The predicted molar refractivity (Wildman–Crippen MR) is 99.8 cm³/mol. The molecule has 2 unspecified atom stereocenters. The van der Waals surface area contributed by atoms with Crippen LogP contribution in [0.1, 0.15) is 32.3 Å². The number of nitrogens with zero attached hydrogens (tertiary/aromatic N) is 1. The van der Waals surface area contributed by atoms with Crippen molar-refractivity contribution in [3.63, 3.8) is 0 Å². The number of carbonyl (C=O) groups excluding carboxylic acids is 1. The Bertz CT molecular complexity index is 788. The summed E-state index contributed by atoms with van der Waals surface area (Å²) in [5, 5.41) is 3.36. The summed E-state index contributed by atoms with van der Waals surface area (Å²) in [6.07, 6.45) is 2.54. The molecule has 0 spiro atoms. The summed E-state index contributed by atoms with van der Waals surface area (Å²) in [4.78, 5) is 13.8. The van der Waals surface area contributed by atoms with Crippen LogP contribution in [0.4, 0.5) is 5.69 Å². The molecule has 2 aliphatic heterocycles. The van der Waals surface area contributed by atoms with E-state index in [9.17, 15) is 13.2 Å². The highest BCUT2D eigenvalue weighted by Gasteiger charge is 2.35. The summed E-state index contributed by atoms with van der Waals surface area (Å²) < 4.78 is 33.5. The van der Waals surface area contributed by atoms with E-state index in [1.54, 1.807) is 30.2 Å². The Morgan fingerprint density at radius 2 is 2.23 bits per heavy atom. The molecule has 26 heavy (non-hydrogen) atoms. The second kappa shape index (κ2) is 7.26. The summed E-state index contributed by atoms with van der Waals surface area (Å²) in [6, 6.07) is 5.02. The summed E-state index contributed by atoms with van der Waals surface area (Å²) in [5.74, 6) is -0.0289. The van der Waals surface area contributed by atoms with E-state index in [1.807, 2.05) is 6.92 Å². The fourth-order valence-corrected chi connectivity index (χ4v) is 5.22. The number of carbonyl (C=O) groups is 1. The lowest BCUT2D eigenvalue weighted by atomic mass is 9.99. The molecule has 0 bridgehead atoms. The smallest absolute Gasteiger partial charge is 0.240 e. The van der Waals surface area contributed by atoms with Crippen LogP contribution in [-0.4, -0.2) is 52.7 Å². The van der Waals surface area contributed by atoms with Crippen LogP contribution >= 0.6 is 0 Å². The Morgan fingerprint density at radius 1 is 1.46 bits per heavy atom. The van der Waals surface area contributed by atoms with Crippen molar-refractivity contribution in [2.45, 2.75) is 49.6 Å². The first kappa shape index (κ1) is 19.3. The van der Waals surface area contributed by atoms with Gasteiger partial charge < -0.3 is 15.0 Å². The first-order valence-electron chi connectivity index (χ1n) is 8.94. The van der Waals surface area contributed by atoms with Gasteiger partial charge in [0.2, 0.25) is 15.9 Å². The lowest BCUT2D eigenvalue weighted by Crippen LogP contribution is -2.52. The number of hydrogen-bond donors (Lipinski definition) is 2. The number of hydrogen-bond acceptors (Lipinski definition) is 5. The molecule has 1 aromatic carbocycles. The maximum atomic E-state index is 12.8. The summed E-state index contributed by atoms with van der Waals surface area (Å²) in [5.41, 5.74) is 1.34. The van der Waals surface area contributed by atoms with Crippen LogP contribution in [-0.2, 0) is 26.0 Å². The van der Waals surface area contributed by atoms with Crippen molar-refractivity contribution in [3.8, 4) is 0 Å². The summed E-state index contributed by atoms with van der Waals surface area (Å²) in [7, 11) is -2.01. The Balaban J connectivity index is 1.78. The number of methoxy groups -OCH3 is 1. The zero-order valence-corrected chi connectivity index (χ0v) is 16.4. The number of benzene rings is 1. The van der Waals surface area contributed by atoms with E-state index in [0.29, 0.717) is 13.0 Å². The van der Waals surface area contributed by atoms with Crippen LogP contribution in [0.2, 0.25) is 0 Å². The molecule has 2 atom stereocenters. The number of fused-ring (bicyclic) bond motifs is 1. The summed E-state index contributed by atoms with van der Waals surface area (Å²) in [6.45, 7) is 5.11. The van der Waals surface area contributed by atoms with Gasteiger partial charge in [0, 0.05) is 32.3 Å². The highest BCUT2D eigenvalue weighted by Crippen LogP contribution is 2.34. The number of nitrogens with one attached hydrogen (secondary N) is 2. The van der Waals surface area contributed by atoms with Crippen LogP contribution in [0.15, 0.2) is 23.1 Å². The van der Waals surface area contributed by atoms with Crippen molar-refractivity contribution in [1.82, 2.24) is 10.0 Å². The van der Waals surface area contributed by atoms with E-state index in [2.05, 4.69) is 10.0 Å². The minimum atomic E-state index is -3.63. The zero-order valence-electron chi connectivity index (χ0n) is 15.5. The van der Waals surface area contributed by atoms with Gasteiger partial charge in [-0.05, 0) is 56.5 Å². The number of sulfonamides is 1. The number of ether oxygens (including phenoxy) is 1. The quantitative estimate of drug-likeness (QED) is 0.769. The minimum absolute atomic E-state index is 0.0289. The lowest BCUT2D eigenvalue weighted by molar-refractivity contribution is -0.116. The molecule has 2 heterocycles. The SMILES string of the molecule is COCC1(CNS(=O)(=O)c2ccc3c(c2)CC(C)N3C(C)=O)CCCN1. The molecule has 1 saturated heterocycles. The van der Waals surface area contributed by atoms with Gasteiger partial charge in [0.1, 0.15) is 0 Å². The minimum Gasteiger partial charge on any atom is -0.383 e. The Kier molecular flexibility index (Phi) is 5.39. The fraction of sp³-hybridized carbons (Fsp3) is 0.611. The third-order valence-electron chi connectivity index (χ3n) is 5.27. The number of rotatable bonds is 6. The van der Waals surface area contributed by atoms with Crippen molar-refractivity contribution >= 4 is 21.6 Å². The molecule has 1 amide bonds. The second-order valence-electron chi connectivity index (χ2n) is 7.30. The van der Waals surface area contributed by atoms with Crippen LogP contribution < -0.4 is 14.9 Å². The summed E-state index contributed by atoms with van der Waals surface area (Å²) >= 11 is 0. The average Bonchev–Trinajstić information content (AvgIpc) is 3.16. The molecule has 0 saturated carbocycles. The first-order valence-corrected chi connectivity index (χ1v) is 10.4. The molecule has 2 N–H and O–H groups in total. The Hall–Kier alpha value is -1.48. The van der Waals surface area contributed by atoms with Crippen molar-refractivity contribution in [1.29, 1.82) is 0 Å². The van der Waals surface area contributed by atoms with Gasteiger partial charge >= 0.3 is 0 Å². The van der Waals surface area contributed by atoms with Gasteiger partial charge in [0.15, 0.2) is 0 Å². The van der Waals surface area contributed by atoms with Crippen molar-refractivity contribution in [2.75, 3.05) is 31.7 Å². The normalized spacial score (nSPS) is 25.5. The zero-order chi connectivity index (χ0) is 18.9. The molecular formula is C18H27N3O4S. The topological polar surface area (TPSA) is 87.7 Å². The predicted octanol–water partition coefficient (Wildman–Crippen LogP) is 1.03. The first-order chi connectivity index (χ1) is 12.3. The fourth-order valence-electron chi connectivity index (χ4n) is 4.04. The van der Waals surface area contributed by atoms with E-state index < -0.39 is 10.0 Å². The molecule has 0 aromatic heterocycles. The maximum absolute atomic E-state index is 12.8. The van der Waals surface area contributed by atoms with E-state index in [4.69, 9.17) is 4.74 Å². The van der Waals surface area contributed by atoms with Gasteiger partial charge in [0.05, 0.1) is 17.0 Å². The Labute approximate surface area is 155 Å². The van der Waals surface area contributed by atoms with Crippen LogP contribution in [0.25, 0.3) is 0 Å². The molecule has 7 nitrogen and oxygen atoms in total. The van der Waals surface area contributed by atoms with Gasteiger partial charge in [-0.1, -0.05) is 0 Å². The standard InChI is InChI=1S/C18H27N3O4S/c1-13-9-15-10-16(5-6-17(15)21(13)14(2)22)26(23,24)20-11-18(12-25-3)7-4-8-19-18/h5-6,10,13,19-20H,4,7-9,11-12H2,1-3H3. The highest BCUT2D eigenvalue weighted by molar-refractivity contribution is 7.89. The van der Waals surface area contributed by atoms with Crippen molar-refractivity contribution < 1.29 is 17.9 Å². The van der Waals surface area contributed by atoms with E-state index in [0.717, 1.165) is 30.6 Å². The molecule has 1 fully saturated rings. The van der Waals surface area contributed by atoms with Crippen molar-refractivity contribution in [2.24, 2.45) is 0 Å². The molecular weight excluding hydrogens is 354 g/mol. The van der Waals surface area contributed by atoms with E-state index >= 15 is 0 Å². The highest BCUT2D eigenvalue weighted by atomic mass is 32.2. The van der Waals surface area contributed by atoms with Crippen LogP contribution in [0.5, 0.6) is 0 Å². The third kappa shape index (κ3) is 3.64. The molecule has 0 aliphatic carbocycles. The average molecular weight is 381 g/mol. The molecule has 3 rings (SSSR count). The van der Waals surface area contributed by atoms with Crippen LogP contribution in [0, 0.1) is 0 Å². The number of anilines is 1. The van der Waals surface area contributed by atoms with Crippen molar-refractivity contribution in [3.05, 3.63) is 23.8 Å². The molecule has 8 heteroatoms. The Morgan fingerprint density at radius 3 is 2.85 bits per heavy atom. The van der Waals surface area contributed by atoms with Crippen LogP contribution in [0.3, 0.4) is 0 Å². The van der Waals surface area contributed by atoms with Gasteiger partial charge in [-0.2, -0.15) is 0 Å². The largest absolute Gasteiger partial charge is 0.383 e. The molecule has 144 valence electrons. The number of amides is 1. The maximum Gasteiger partial charge on any atom is 0.240 e. The van der Waals surface area contributed by atoms with Gasteiger partial charge in [-0.25, -0.2) is 13.1 Å². The third-order valence-corrected chi connectivity index (χ3v) is 6.67. The molecule has 2 aliphatic rings. The second-order valence-corrected chi connectivity index (χ2v) is 9.07. The van der Waals surface area contributed by atoms with Gasteiger partial charge in [-0.15, -0.1) is 0 Å². The molecule has 0 radical (unpaired) electrons. The van der Waals surface area contributed by atoms with Gasteiger partial charge in [-0.3, -0.25) is 4.79 Å². The van der Waals surface area contributed by atoms with Gasteiger partial charge in [0.25, 0.3) is 0 Å². The lowest BCUT2D eigenvalue weighted by Gasteiger charge is -2.28.